The van der Waals surface area contributed by atoms with Crippen molar-refractivity contribution >= 4 is 33.3 Å². The molecule has 0 aromatic carbocycles. The van der Waals surface area contributed by atoms with E-state index in [1.54, 1.807) is 0 Å². The number of anilines is 1. The van der Waals surface area contributed by atoms with Crippen molar-refractivity contribution in [2.75, 3.05) is 57.3 Å². The van der Waals surface area contributed by atoms with Crippen LogP contribution in [0.5, 0.6) is 0 Å². The fourth-order valence-corrected chi connectivity index (χ4v) is 6.91. The molecule has 31 heavy (non-hydrogen) atoms. The van der Waals surface area contributed by atoms with Gasteiger partial charge in [0.25, 0.3) is 0 Å². The normalized spacial score (nSPS) is 23.4. The maximum absolute atomic E-state index is 13.0. The lowest BCUT2D eigenvalue weighted by Gasteiger charge is -2.43. The first-order valence-corrected chi connectivity index (χ1v) is 13.0. The van der Waals surface area contributed by atoms with Crippen LogP contribution in [-0.2, 0) is 17.8 Å². The van der Waals surface area contributed by atoms with E-state index in [0.717, 1.165) is 70.6 Å². The summed E-state index contributed by atoms with van der Waals surface area (Å²) in [5, 5.41) is 1.33. The third-order valence-corrected chi connectivity index (χ3v) is 8.95. The first-order valence-electron chi connectivity index (χ1n) is 12.1. The number of carbonyl (C=O) groups is 1. The Labute approximate surface area is 188 Å². The third-order valence-electron chi connectivity index (χ3n) is 7.82. The number of thiophene rings is 1. The quantitative estimate of drug-likeness (QED) is 0.733. The number of carbonyl (C=O) groups excluding carboxylic acids is 1. The Morgan fingerprint density at radius 2 is 1.81 bits per heavy atom. The largest absolute Gasteiger partial charge is 0.357 e. The summed E-state index contributed by atoms with van der Waals surface area (Å²) in [5.41, 5.74) is 1.47. The van der Waals surface area contributed by atoms with Gasteiger partial charge in [-0.05, 0) is 49.8 Å². The van der Waals surface area contributed by atoms with Crippen LogP contribution in [0.3, 0.4) is 0 Å². The van der Waals surface area contributed by atoms with Crippen LogP contribution in [0.2, 0.25) is 0 Å². The van der Waals surface area contributed by atoms with E-state index in [-0.39, 0.29) is 0 Å². The van der Waals surface area contributed by atoms with Gasteiger partial charge < -0.3 is 9.80 Å². The molecule has 0 N–H and O–H groups in total. The van der Waals surface area contributed by atoms with E-state index in [1.165, 1.54) is 52.8 Å². The summed E-state index contributed by atoms with van der Waals surface area (Å²) in [6, 6.07) is 5.29. The standard InChI is InChI=1S/C24H33N5OS/c30-23(29-14-12-27(13-15-29)18-4-3-5-18)17-26-11-8-19-20-6-7-22(28-9-1-2-10-28)25-24(20)31-21(19)16-26/h6-7,18H,1-5,8-17H2. The van der Waals surface area contributed by atoms with Crippen LogP contribution in [0.4, 0.5) is 5.82 Å². The summed E-state index contributed by atoms with van der Waals surface area (Å²) < 4.78 is 0. The van der Waals surface area contributed by atoms with Gasteiger partial charge in [-0.25, -0.2) is 4.98 Å². The zero-order valence-corrected chi connectivity index (χ0v) is 19.2. The van der Waals surface area contributed by atoms with Crippen molar-refractivity contribution in [3.8, 4) is 0 Å². The molecular weight excluding hydrogens is 406 g/mol. The molecule has 6 nitrogen and oxygen atoms in total. The van der Waals surface area contributed by atoms with E-state index in [9.17, 15) is 4.79 Å². The van der Waals surface area contributed by atoms with Gasteiger partial charge in [-0.2, -0.15) is 0 Å². The number of rotatable bonds is 4. The minimum absolute atomic E-state index is 0.312. The van der Waals surface area contributed by atoms with Gasteiger partial charge in [-0.1, -0.05) is 6.42 Å². The Hall–Kier alpha value is -1.70. The van der Waals surface area contributed by atoms with Crippen LogP contribution in [0.1, 0.15) is 42.5 Å². The van der Waals surface area contributed by atoms with Gasteiger partial charge in [-0.3, -0.25) is 14.6 Å². The molecule has 0 spiro atoms. The van der Waals surface area contributed by atoms with Gasteiger partial charge >= 0.3 is 0 Å². The Balaban J connectivity index is 1.09. The molecule has 3 fully saturated rings. The molecule has 2 aromatic heterocycles. The van der Waals surface area contributed by atoms with Gasteiger partial charge in [-0.15, -0.1) is 11.3 Å². The Morgan fingerprint density at radius 3 is 2.55 bits per heavy atom. The number of amides is 1. The lowest BCUT2D eigenvalue weighted by molar-refractivity contribution is -0.135. The van der Waals surface area contributed by atoms with E-state index < -0.39 is 0 Å². The number of piperazine rings is 1. The van der Waals surface area contributed by atoms with Crippen LogP contribution in [0.25, 0.3) is 10.2 Å². The molecule has 1 amide bonds. The number of hydrogen-bond donors (Lipinski definition) is 0. The summed E-state index contributed by atoms with van der Waals surface area (Å²) in [7, 11) is 0. The van der Waals surface area contributed by atoms with Crippen molar-refractivity contribution in [1.29, 1.82) is 0 Å². The van der Waals surface area contributed by atoms with Gasteiger partial charge in [0.05, 0.1) is 6.54 Å². The van der Waals surface area contributed by atoms with E-state index >= 15 is 0 Å². The van der Waals surface area contributed by atoms with Crippen LogP contribution in [0, 0.1) is 0 Å². The summed E-state index contributed by atoms with van der Waals surface area (Å²) in [6.07, 6.45) is 7.68. The van der Waals surface area contributed by atoms with E-state index in [1.807, 2.05) is 11.3 Å². The highest BCUT2D eigenvalue weighted by Gasteiger charge is 2.30. The molecule has 7 heteroatoms. The fraction of sp³-hybridized carbons (Fsp3) is 0.667. The second-order valence-electron chi connectivity index (χ2n) is 9.68. The molecule has 0 atom stereocenters. The number of aromatic nitrogens is 1. The Morgan fingerprint density at radius 1 is 1.00 bits per heavy atom. The van der Waals surface area contributed by atoms with E-state index in [4.69, 9.17) is 4.98 Å². The maximum atomic E-state index is 13.0. The zero-order chi connectivity index (χ0) is 20.8. The highest BCUT2D eigenvalue weighted by molar-refractivity contribution is 7.18. The predicted octanol–water partition coefficient (Wildman–Crippen LogP) is 2.95. The topological polar surface area (TPSA) is 42.9 Å². The lowest BCUT2D eigenvalue weighted by atomic mass is 9.91. The summed E-state index contributed by atoms with van der Waals surface area (Å²) in [6.45, 7) is 8.61. The molecule has 2 aromatic rings. The van der Waals surface area contributed by atoms with E-state index in [0.29, 0.717) is 12.5 Å². The highest BCUT2D eigenvalue weighted by Crippen LogP contribution is 2.36. The van der Waals surface area contributed by atoms with Gasteiger partial charge in [0.2, 0.25) is 5.91 Å². The first-order chi connectivity index (χ1) is 15.2. The van der Waals surface area contributed by atoms with Crippen molar-refractivity contribution in [3.05, 3.63) is 22.6 Å². The number of fused-ring (bicyclic) bond motifs is 3. The Bertz CT molecular complexity index is 956. The third kappa shape index (κ3) is 3.85. The summed E-state index contributed by atoms with van der Waals surface area (Å²) in [4.78, 5) is 30.0. The van der Waals surface area contributed by atoms with Crippen LogP contribution >= 0.6 is 11.3 Å². The molecule has 4 aliphatic rings. The van der Waals surface area contributed by atoms with Crippen molar-refractivity contribution in [2.24, 2.45) is 0 Å². The average Bonchev–Trinajstić information content (AvgIpc) is 3.40. The molecule has 5 heterocycles. The van der Waals surface area contributed by atoms with Gasteiger partial charge in [0, 0.05) is 68.7 Å². The highest BCUT2D eigenvalue weighted by atomic mass is 32.1. The lowest BCUT2D eigenvalue weighted by Crippen LogP contribution is -2.55. The molecule has 2 saturated heterocycles. The van der Waals surface area contributed by atoms with Crippen molar-refractivity contribution in [1.82, 2.24) is 19.7 Å². The van der Waals surface area contributed by atoms with Crippen molar-refractivity contribution in [2.45, 2.75) is 51.1 Å². The van der Waals surface area contributed by atoms with Crippen molar-refractivity contribution in [3.63, 3.8) is 0 Å². The molecule has 0 unspecified atom stereocenters. The predicted molar refractivity (Wildman–Crippen MR) is 126 cm³/mol. The second-order valence-corrected chi connectivity index (χ2v) is 10.8. The molecule has 1 aliphatic carbocycles. The summed E-state index contributed by atoms with van der Waals surface area (Å²) in [5.74, 6) is 1.45. The van der Waals surface area contributed by atoms with Crippen LogP contribution in [0.15, 0.2) is 12.1 Å². The first kappa shape index (κ1) is 19.9. The fourth-order valence-electron chi connectivity index (χ4n) is 5.66. The van der Waals surface area contributed by atoms with E-state index in [2.05, 4.69) is 31.7 Å². The maximum Gasteiger partial charge on any atom is 0.236 e. The number of nitrogens with zero attached hydrogens (tertiary/aromatic N) is 5. The molecule has 0 radical (unpaired) electrons. The van der Waals surface area contributed by atoms with Crippen molar-refractivity contribution < 1.29 is 4.79 Å². The summed E-state index contributed by atoms with van der Waals surface area (Å²) >= 11 is 1.84. The molecule has 3 aliphatic heterocycles. The minimum Gasteiger partial charge on any atom is -0.357 e. The number of pyridine rings is 1. The SMILES string of the molecule is O=C(CN1CCc2c(sc3nc(N4CCCC4)ccc23)C1)N1CCN(C2CCC2)CC1. The molecule has 1 saturated carbocycles. The second kappa shape index (κ2) is 8.34. The Kier molecular flexibility index (Phi) is 5.36. The monoisotopic (exact) mass is 439 g/mol. The van der Waals surface area contributed by atoms with Gasteiger partial charge in [0.1, 0.15) is 10.6 Å². The van der Waals surface area contributed by atoms with Crippen LogP contribution < -0.4 is 4.90 Å². The zero-order valence-electron chi connectivity index (χ0n) is 18.4. The molecule has 6 rings (SSSR count). The van der Waals surface area contributed by atoms with Gasteiger partial charge in [0.15, 0.2) is 0 Å². The smallest absolute Gasteiger partial charge is 0.236 e. The minimum atomic E-state index is 0.312. The molecule has 0 bridgehead atoms. The number of hydrogen-bond acceptors (Lipinski definition) is 6. The van der Waals surface area contributed by atoms with Crippen LogP contribution in [-0.4, -0.2) is 84.0 Å². The molecular formula is C24H33N5OS. The molecule has 166 valence electrons. The average molecular weight is 440 g/mol.